The molecule has 0 spiro atoms. The van der Waals surface area contributed by atoms with Gasteiger partial charge in [0.2, 0.25) is 0 Å². The average Bonchev–Trinajstić information content (AvgIpc) is 2.39. The molecule has 2 rings (SSSR count). The van der Waals surface area contributed by atoms with Gasteiger partial charge in [0.1, 0.15) is 6.10 Å². The van der Waals surface area contributed by atoms with E-state index in [2.05, 4.69) is 23.2 Å². The highest BCUT2D eigenvalue weighted by molar-refractivity contribution is 5.30. The molecule has 2 aromatic rings. The second-order valence-electron chi connectivity index (χ2n) is 3.68. The molecule has 16 heavy (non-hydrogen) atoms. The normalized spacial score (nSPS) is 12.4. The van der Waals surface area contributed by atoms with Gasteiger partial charge in [-0.2, -0.15) is 10.2 Å². The maximum Gasteiger partial charge on any atom is 0.106 e. The zero-order valence-corrected chi connectivity index (χ0v) is 9.17. The number of rotatable bonds is 3. The largest absolute Gasteiger partial charge is 0.384 e. The van der Waals surface area contributed by atoms with Gasteiger partial charge in [-0.05, 0) is 23.6 Å². The van der Waals surface area contributed by atoms with Crippen LogP contribution < -0.4 is 0 Å². The van der Waals surface area contributed by atoms with Crippen LogP contribution in [-0.2, 0) is 6.42 Å². The molecule has 82 valence electrons. The number of nitrogens with zero attached hydrogens (tertiary/aromatic N) is 2. The summed E-state index contributed by atoms with van der Waals surface area (Å²) in [5.74, 6) is 0. The minimum atomic E-state index is -0.623. The third-order valence-corrected chi connectivity index (χ3v) is 2.60. The van der Waals surface area contributed by atoms with E-state index in [4.69, 9.17) is 0 Å². The van der Waals surface area contributed by atoms with Crippen LogP contribution in [0.15, 0.2) is 42.7 Å². The Kier molecular flexibility index (Phi) is 3.27. The molecule has 0 aliphatic rings. The molecular formula is C13H14N2O. The number of aryl methyl sites for hydroxylation is 1. The second kappa shape index (κ2) is 4.86. The molecule has 0 bridgehead atoms. The monoisotopic (exact) mass is 214 g/mol. The van der Waals surface area contributed by atoms with Gasteiger partial charge in [0.25, 0.3) is 0 Å². The van der Waals surface area contributed by atoms with Crippen LogP contribution in [0.5, 0.6) is 0 Å². The fourth-order valence-electron chi connectivity index (χ4n) is 1.64. The predicted octanol–water partition coefficient (Wildman–Crippen LogP) is 2.12. The zero-order valence-electron chi connectivity index (χ0n) is 9.17. The van der Waals surface area contributed by atoms with Crippen molar-refractivity contribution in [3.8, 4) is 0 Å². The van der Waals surface area contributed by atoms with Gasteiger partial charge in [-0.15, -0.1) is 0 Å². The van der Waals surface area contributed by atoms with Crippen molar-refractivity contribution in [1.82, 2.24) is 10.2 Å². The molecule has 0 aliphatic carbocycles. The molecule has 1 heterocycles. The van der Waals surface area contributed by atoms with Crippen LogP contribution in [0, 0.1) is 0 Å². The van der Waals surface area contributed by atoms with E-state index >= 15 is 0 Å². The number of benzene rings is 1. The van der Waals surface area contributed by atoms with Crippen molar-refractivity contribution in [3.05, 3.63) is 59.4 Å². The molecule has 0 amide bonds. The third-order valence-electron chi connectivity index (χ3n) is 2.60. The second-order valence-corrected chi connectivity index (χ2v) is 3.68. The smallest absolute Gasteiger partial charge is 0.106 e. The first-order chi connectivity index (χ1) is 7.81. The lowest BCUT2D eigenvalue weighted by molar-refractivity contribution is 0.219. The SMILES string of the molecule is CCc1cccc(C(O)c2ccnnc2)c1. The number of hydrogen-bond donors (Lipinski definition) is 1. The van der Waals surface area contributed by atoms with E-state index in [1.165, 1.54) is 5.56 Å². The quantitative estimate of drug-likeness (QED) is 0.851. The lowest BCUT2D eigenvalue weighted by atomic mass is 10.0. The number of aromatic nitrogens is 2. The summed E-state index contributed by atoms with van der Waals surface area (Å²) >= 11 is 0. The topological polar surface area (TPSA) is 46.0 Å². The fraction of sp³-hybridized carbons (Fsp3) is 0.231. The highest BCUT2D eigenvalue weighted by Gasteiger charge is 2.10. The Bertz CT molecular complexity index is 456. The molecule has 0 aliphatic heterocycles. The van der Waals surface area contributed by atoms with Gasteiger partial charge in [0.15, 0.2) is 0 Å². The van der Waals surface area contributed by atoms with Gasteiger partial charge in [-0.25, -0.2) is 0 Å². The summed E-state index contributed by atoms with van der Waals surface area (Å²) in [6, 6.07) is 9.73. The minimum Gasteiger partial charge on any atom is -0.384 e. The van der Waals surface area contributed by atoms with Crippen LogP contribution in [0.3, 0.4) is 0 Å². The van der Waals surface area contributed by atoms with Crippen LogP contribution in [0.2, 0.25) is 0 Å². The summed E-state index contributed by atoms with van der Waals surface area (Å²) in [5.41, 5.74) is 2.88. The molecule has 0 radical (unpaired) electrons. The van der Waals surface area contributed by atoms with E-state index < -0.39 is 6.10 Å². The van der Waals surface area contributed by atoms with Gasteiger partial charge in [0, 0.05) is 11.8 Å². The number of aliphatic hydroxyl groups is 1. The fourth-order valence-corrected chi connectivity index (χ4v) is 1.64. The molecule has 3 heteroatoms. The Balaban J connectivity index is 2.30. The average molecular weight is 214 g/mol. The molecule has 1 aromatic carbocycles. The summed E-state index contributed by atoms with van der Waals surface area (Å²) in [4.78, 5) is 0. The summed E-state index contributed by atoms with van der Waals surface area (Å²) in [5, 5.41) is 17.6. The van der Waals surface area contributed by atoms with Gasteiger partial charge in [0.05, 0.1) is 6.20 Å². The summed E-state index contributed by atoms with van der Waals surface area (Å²) in [6.45, 7) is 2.10. The zero-order chi connectivity index (χ0) is 11.4. The lowest BCUT2D eigenvalue weighted by Gasteiger charge is -2.11. The standard InChI is InChI=1S/C13H14N2O/c1-2-10-4-3-5-11(8-10)13(16)12-6-7-14-15-9-12/h3-9,13,16H,2H2,1H3. The van der Waals surface area contributed by atoms with Crippen LogP contribution >= 0.6 is 0 Å². The summed E-state index contributed by atoms with van der Waals surface area (Å²) in [6.07, 6.45) is 3.52. The van der Waals surface area contributed by atoms with Crippen LogP contribution in [0.25, 0.3) is 0 Å². The van der Waals surface area contributed by atoms with Gasteiger partial charge < -0.3 is 5.11 Å². The van der Waals surface area contributed by atoms with Crippen molar-refractivity contribution in [2.45, 2.75) is 19.4 Å². The van der Waals surface area contributed by atoms with Crippen molar-refractivity contribution in [2.75, 3.05) is 0 Å². The predicted molar refractivity (Wildman–Crippen MR) is 61.9 cm³/mol. The van der Waals surface area contributed by atoms with E-state index in [9.17, 15) is 5.11 Å². The molecule has 1 aromatic heterocycles. The Labute approximate surface area is 94.8 Å². The first-order valence-electron chi connectivity index (χ1n) is 5.34. The number of hydrogen-bond acceptors (Lipinski definition) is 3. The van der Waals surface area contributed by atoms with Gasteiger partial charge in [-0.1, -0.05) is 31.2 Å². The first kappa shape index (κ1) is 10.8. The van der Waals surface area contributed by atoms with Crippen LogP contribution in [0.1, 0.15) is 29.7 Å². The Morgan fingerprint density at radius 2 is 2.06 bits per heavy atom. The maximum atomic E-state index is 10.1. The molecule has 1 N–H and O–H groups in total. The van der Waals surface area contributed by atoms with E-state index in [-0.39, 0.29) is 0 Å². The molecule has 0 fully saturated rings. The highest BCUT2D eigenvalue weighted by atomic mass is 16.3. The van der Waals surface area contributed by atoms with E-state index in [1.54, 1.807) is 18.5 Å². The van der Waals surface area contributed by atoms with Gasteiger partial charge >= 0.3 is 0 Å². The van der Waals surface area contributed by atoms with E-state index in [1.807, 2.05) is 18.2 Å². The highest BCUT2D eigenvalue weighted by Crippen LogP contribution is 2.21. The molecule has 1 unspecified atom stereocenters. The van der Waals surface area contributed by atoms with E-state index in [0.29, 0.717) is 0 Å². The lowest BCUT2D eigenvalue weighted by Crippen LogP contribution is -2.01. The van der Waals surface area contributed by atoms with Crippen LogP contribution in [0.4, 0.5) is 0 Å². The van der Waals surface area contributed by atoms with Crippen molar-refractivity contribution >= 4 is 0 Å². The Hall–Kier alpha value is -1.74. The third kappa shape index (κ3) is 2.25. The molecule has 1 atom stereocenters. The number of aliphatic hydroxyl groups excluding tert-OH is 1. The van der Waals surface area contributed by atoms with Crippen molar-refractivity contribution in [3.63, 3.8) is 0 Å². The van der Waals surface area contributed by atoms with Gasteiger partial charge in [-0.3, -0.25) is 0 Å². The maximum absolute atomic E-state index is 10.1. The van der Waals surface area contributed by atoms with Crippen molar-refractivity contribution in [2.24, 2.45) is 0 Å². The molecular weight excluding hydrogens is 200 g/mol. The Morgan fingerprint density at radius 1 is 1.19 bits per heavy atom. The molecule has 0 saturated heterocycles. The van der Waals surface area contributed by atoms with E-state index in [0.717, 1.165) is 17.5 Å². The molecule has 0 saturated carbocycles. The first-order valence-corrected chi connectivity index (χ1v) is 5.34. The van der Waals surface area contributed by atoms with Crippen molar-refractivity contribution in [1.29, 1.82) is 0 Å². The van der Waals surface area contributed by atoms with Crippen molar-refractivity contribution < 1.29 is 5.11 Å². The van der Waals surface area contributed by atoms with Crippen LogP contribution in [-0.4, -0.2) is 15.3 Å². The minimum absolute atomic E-state index is 0.623. The Morgan fingerprint density at radius 3 is 2.75 bits per heavy atom. The summed E-state index contributed by atoms with van der Waals surface area (Å²) < 4.78 is 0. The molecule has 3 nitrogen and oxygen atoms in total. The summed E-state index contributed by atoms with van der Waals surface area (Å²) in [7, 11) is 0.